The molecule has 1 aliphatic rings. The smallest absolute Gasteiger partial charge is 0.257 e. The molecule has 1 saturated heterocycles. The minimum atomic E-state index is -0.0124. The van der Waals surface area contributed by atoms with Crippen molar-refractivity contribution in [3.05, 3.63) is 84.4 Å². The molecule has 9 nitrogen and oxygen atoms in total. The van der Waals surface area contributed by atoms with Crippen LogP contribution in [0.4, 0.5) is 5.82 Å². The number of aryl methyl sites for hydroxylation is 2. The summed E-state index contributed by atoms with van der Waals surface area (Å²) < 4.78 is 3.54. The minimum Gasteiger partial charge on any atom is -0.352 e. The maximum Gasteiger partial charge on any atom is 0.257 e. The van der Waals surface area contributed by atoms with Gasteiger partial charge in [-0.05, 0) is 19.1 Å². The number of rotatable bonds is 4. The maximum absolute atomic E-state index is 13.8. The predicted octanol–water partition coefficient (Wildman–Crippen LogP) is 3.49. The second-order valence-corrected chi connectivity index (χ2v) is 9.02. The van der Waals surface area contributed by atoms with Gasteiger partial charge in [-0.3, -0.25) is 9.48 Å². The number of nitrogens with zero attached hydrogens (tertiary/aromatic N) is 8. The molecule has 9 heteroatoms. The van der Waals surface area contributed by atoms with Crippen LogP contribution in [0.15, 0.2) is 73.3 Å². The van der Waals surface area contributed by atoms with Gasteiger partial charge in [0.1, 0.15) is 17.8 Å². The Labute approximate surface area is 208 Å². The van der Waals surface area contributed by atoms with Crippen LogP contribution in [-0.4, -0.2) is 66.5 Å². The number of carbonyl (C=O) groups is 1. The average molecular weight is 479 g/mol. The molecule has 0 aliphatic carbocycles. The highest BCUT2D eigenvalue weighted by atomic mass is 16.2. The van der Waals surface area contributed by atoms with Crippen LogP contribution in [-0.2, 0) is 7.05 Å². The molecule has 0 spiro atoms. The van der Waals surface area contributed by atoms with Gasteiger partial charge in [0.05, 0.1) is 22.8 Å². The van der Waals surface area contributed by atoms with E-state index in [0.717, 1.165) is 33.7 Å². The number of carbonyl (C=O) groups excluding carboxylic acids is 1. The molecule has 5 aromatic rings. The van der Waals surface area contributed by atoms with E-state index in [1.54, 1.807) is 21.9 Å². The lowest BCUT2D eigenvalue weighted by Crippen LogP contribution is -2.49. The van der Waals surface area contributed by atoms with E-state index in [0.29, 0.717) is 37.4 Å². The number of benzene rings is 2. The van der Waals surface area contributed by atoms with E-state index in [9.17, 15) is 4.79 Å². The number of anilines is 1. The van der Waals surface area contributed by atoms with Gasteiger partial charge >= 0.3 is 0 Å². The van der Waals surface area contributed by atoms with Gasteiger partial charge in [-0.25, -0.2) is 14.6 Å². The molecule has 1 fully saturated rings. The zero-order chi connectivity index (χ0) is 24.6. The SMILES string of the molecule is Cc1ccc(-c2nn(-c3ccccc3)cc2C(=O)N2CCN(c3ncnc4c3cnn4C)CC2)cc1. The molecular weight excluding hydrogens is 452 g/mol. The third-order valence-electron chi connectivity index (χ3n) is 6.67. The van der Waals surface area contributed by atoms with Crippen LogP contribution in [0.5, 0.6) is 0 Å². The predicted molar refractivity (Wildman–Crippen MR) is 138 cm³/mol. The van der Waals surface area contributed by atoms with Gasteiger partial charge in [-0.1, -0.05) is 48.0 Å². The number of hydrogen-bond acceptors (Lipinski definition) is 6. The van der Waals surface area contributed by atoms with Crippen LogP contribution in [0.1, 0.15) is 15.9 Å². The fraction of sp³-hybridized carbons (Fsp3) is 0.222. The summed E-state index contributed by atoms with van der Waals surface area (Å²) in [5.74, 6) is 0.846. The summed E-state index contributed by atoms with van der Waals surface area (Å²) in [5.41, 5.74) is 5.11. The number of para-hydroxylation sites is 1. The van der Waals surface area contributed by atoms with Crippen molar-refractivity contribution in [2.24, 2.45) is 7.05 Å². The van der Waals surface area contributed by atoms with Gasteiger partial charge in [0, 0.05) is 45.0 Å². The van der Waals surface area contributed by atoms with Gasteiger partial charge in [0.15, 0.2) is 5.65 Å². The largest absolute Gasteiger partial charge is 0.352 e. The summed E-state index contributed by atoms with van der Waals surface area (Å²) in [5, 5.41) is 10.1. The van der Waals surface area contributed by atoms with E-state index >= 15 is 0 Å². The van der Waals surface area contributed by atoms with Crippen molar-refractivity contribution in [2.45, 2.75) is 6.92 Å². The molecule has 0 saturated carbocycles. The Bertz CT molecular complexity index is 1530. The van der Waals surface area contributed by atoms with Crippen LogP contribution >= 0.6 is 0 Å². The minimum absolute atomic E-state index is 0.0124. The lowest BCUT2D eigenvalue weighted by Gasteiger charge is -2.35. The Morgan fingerprint density at radius 2 is 1.67 bits per heavy atom. The summed E-state index contributed by atoms with van der Waals surface area (Å²) >= 11 is 0. The Hall–Kier alpha value is -4.53. The fourth-order valence-corrected chi connectivity index (χ4v) is 4.66. The van der Waals surface area contributed by atoms with Crippen LogP contribution in [0.2, 0.25) is 0 Å². The van der Waals surface area contributed by atoms with Crippen molar-refractivity contribution < 1.29 is 4.79 Å². The zero-order valence-electron chi connectivity index (χ0n) is 20.2. The Kier molecular flexibility index (Phi) is 5.44. The summed E-state index contributed by atoms with van der Waals surface area (Å²) in [4.78, 5) is 26.7. The number of hydrogen-bond donors (Lipinski definition) is 0. The van der Waals surface area contributed by atoms with Crippen molar-refractivity contribution >= 4 is 22.8 Å². The Morgan fingerprint density at radius 3 is 2.42 bits per heavy atom. The number of piperazine rings is 1. The molecule has 1 amide bonds. The molecular formula is C27H26N8O. The molecule has 4 heterocycles. The van der Waals surface area contributed by atoms with E-state index in [4.69, 9.17) is 5.10 Å². The van der Waals surface area contributed by atoms with Gasteiger partial charge in [-0.2, -0.15) is 10.2 Å². The first-order valence-corrected chi connectivity index (χ1v) is 12.0. The number of amides is 1. The monoisotopic (exact) mass is 478 g/mol. The molecule has 0 N–H and O–H groups in total. The normalized spacial score (nSPS) is 13.9. The topological polar surface area (TPSA) is 85.0 Å². The first-order chi connectivity index (χ1) is 17.6. The Morgan fingerprint density at radius 1 is 0.917 bits per heavy atom. The Balaban J connectivity index is 1.28. The quantitative estimate of drug-likeness (QED) is 0.393. The molecule has 0 atom stereocenters. The lowest BCUT2D eigenvalue weighted by atomic mass is 10.1. The zero-order valence-corrected chi connectivity index (χ0v) is 20.2. The summed E-state index contributed by atoms with van der Waals surface area (Å²) in [6.45, 7) is 4.59. The maximum atomic E-state index is 13.8. The van der Waals surface area contributed by atoms with Gasteiger partial charge in [0.2, 0.25) is 0 Å². The molecule has 36 heavy (non-hydrogen) atoms. The van der Waals surface area contributed by atoms with Crippen molar-refractivity contribution in [2.75, 3.05) is 31.1 Å². The summed E-state index contributed by atoms with van der Waals surface area (Å²) in [6.07, 6.45) is 5.22. The molecule has 3 aromatic heterocycles. The van der Waals surface area contributed by atoms with E-state index in [1.165, 1.54) is 0 Å². The van der Waals surface area contributed by atoms with E-state index < -0.39 is 0 Å². The van der Waals surface area contributed by atoms with Gasteiger partial charge in [0.25, 0.3) is 5.91 Å². The number of aromatic nitrogens is 6. The van der Waals surface area contributed by atoms with Crippen molar-refractivity contribution in [3.63, 3.8) is 0 Å². The standard InChI is InChI=1S/C27H26N8O/c1-19-8-10-20(11-9-19)24-23(17-35(31-24)21-6-4-3-5-7-21)27(36)34-14-12-33(13-15-34)26-22-16-30-32(2)25(22)28-18-29-26/h3-11,16-18H,12-15H2,1-2H3. The molecule has 0 radical (unpaired) electrons. The average Bonchev–Trinajstić information content (AvgIpc) is 3.54. The third kappa shape index (κ3) is 3.88. The second-order valence-electron chi connectivity index (χ2n) is 9.02. The highest BCUT2D eigenvalue weighted by Crippen LogP contribution is 2.27. The van der Waals surface area contributed by atoms with Crippen molar-refractivity contribution in [1.82, 2.24) is 34.4 Å². The molecule has 0 unspecified atom stereocenters. The van der Waals surface area contributed by atoms with Crippen LogP contribution in [0, 0.1) is 6.92 Å². The molecule has 0 bridgehead atoms. The lowest BCUT2D eigenvalue weighted by molar-refractivity contribution is 0.0747. The molecule has 6 rings (SSSR count). The highest BCUT2D eigenvalue weighted by Gasteiger charge is 2.28. The van der Waals surface area contributed by atoms with E-state index in [-0.39, 0.29) is 5.91 Å². The molecule has 180 valence electrons. The fourth-order valence-electron chi connectivity index (χ4n) is 4.66. The van der Waals surface area contributed by atoms with Crippen molar-refractivity contribution in [1.29, 1.82) is 0 Å². The van der Waals surface area contributed by atoms with Crippen LogP contribution in [0.3, 0.4) is 0 Å². The second kappa shape index (κ2) is 8.92. The highest BCUT2D eigenvalue weighted by molar-refractivity contribution is 6.00. The van der Waals surface area contributed by atoms with Crippen LogP contribution < -0.4 is 4.90 Å². The molecule has 2 aromatic carbocycles. The van der Waals surface area contributed by atoms with Gasteiger partial charge in [-0.15, -0.1) is 0 Å². The molecule has 1 aliphatic heterocycles. The third-order valence-corrected chi connectivity index (χ3v) is 6.67. The van der Waals surface area contributed by atoms with E-state index in [2.05, 4.69) is 26.9 Å². The first kappa shape index (κ1) is 22.0. The van der Waals surface area contributed by atoms with Crippen LogP contribution in [0.25, 0.3) is 28.0 Å². The summed E-state index contributed by atoms with van der Waals surface area (Å²) in [7, 11) is 1.87. The van der Waals surface area contributed by atoms with Gasteiger partial charge < -0.3 is 9.80 Å². The number of fused-ring (bicyclic) bond motifs is 1. The van der Waals surface area contributed by atoms with E-state index in [1.807, 2.05) is 72.7 Å². The van der Waals surface area contributed by atoms with Crippen molar-refractivity contribution in [3.8, 4) is 16.9 Å². The summed E-state index contributed by atoms with van der Waals surface area (Å²) in [6, 6.07) is 18.0. The first-order valence-electron chi connectivity index (χ1n) is 12.0.